The maximum absolute atomic E-state index is 11.1. The van der Waals surface area contributed by atoms with Crippen molar-refractivity contribution in [1.29, 1.82) is 0 Å². The molecule has 0 radical (unpaired) electrons. The van der Waals surface area contributed by atoms with Crippen LogP contribution in [0.1, 0.15) is 24.9 Å². The predicted octanol–water partition coefficient (Wildman–Crippen LogP) is 1.32. The molecule has 0 fully saturated rings. The van der Waals surface area contributed by atoms with Gasteiger partial charge < -0.3 is 10.4 Å². The van der Waals surface area contributed by atoms with E-state index in [0.717, 1.165) is 0 Å². The standard InChI is InChI=1S/C10H16N6O2/c1-2-16-7-8(6-14-16)9(10(17)18)12-4-3-5-13-15-11/h6-7,9,12H,2-5H2,1H3,(H,17,18). The summed E-state index contributed by atoms with van der Waals surface area (Å²) in [6.45, 7) is 3.44. The Balaban J connectivity index is 2.54. The number of hydrogen-bond donors (Lipinski definition) is 2. The first-order valence-electron chi connectivity index (χ1n) is 5.68. The van der Waals surface area contributed by atoms with Crippen molar-refractivity contribution in [2.75, 3.05) is 13.1 Å². The van der Waals surface area contributed by atoms with Crippen LogP contribution < -0.4 is 5.32 Å². The van der Waals surface area contributed by atoms with Crippen molar-refractivity contribution in [2.45, 2.75) is 25.9 Å². The van der Waals surface area contributed by atoms with Gasteiger partial charge in [-0.05, 0) is 25.4 Å². The summed E-state index contributed by atoms with van der Waals surface area (Å²) >= 11 is 0. The highest BCUT2D eigenvalue weighted by molar-refractivity contribution is 5.75. The highest BCUT2D eigenvalue weighted by Gasteiger charge is 2.20. The molecule has 2 N–H and O–H groups in total. The minimum Gasteiger partial charge on any atom is -0.480 e. The summed E-state index contributed by atoms with van der Waals surface area (Å²) in [6, 6.07) is -0.781. The number of carboxylic acids is 1. The van der Waals surface area contributed by atoms with E-state index in [9.17, 15) is 4.79 Å². The Morgan fingerprint density at radius 1 is 1.78 bits per heavy atom. The van der Waals surface area contributed by atoms with Crippen LogP contribution in [0.15, 0.2) is 17.5 Å². The summed E-state index contributed by atoms with van der Waals surface area (Å²) in [4.78, 5) is 13.8. The number of aromatic nitrogens is 2. The molecule has 1 atom stereocenters. The van der Waals surface area contributed by atoms with Crippen LogP contribution in [0.2, 0.25) is 0 Å². The third kappa shape index (κ3) is 4.08. The number of azide groups is 1. The van der Waals surface area contributed by atoms with E-state index < -0.39 is 12.0 Å². The summed E-state index contributed by atoms with van der Waals surface area (Å²) in [5.41, 5.74) is 8.72. The molecule has 0 saturated carbocycles. The minimum atomic E-state index is -0.950. The Labute approximate surface area is 104 Å². The van der Waals surface area contributed by atoms with Gasteiger partial charge in [0.15, 0.2) is 0 Å². The number of nitrogens with zero attached hydrogens (tertiary/aromatic N) is 5. The van der Waals surface area contributed by atoms with Gasteiger partial charge in [0, 0.05) is 29.8 Å². The van der Waals surface area contributed by atoms with Crippen molar-refractivity contribution in [3.63, 3.8) is 0 Å². The highest BCUT2D eigenvalue weighted by Crippen LogP contribution is 2.12. The van der Waals surface area contributed by atoms with Crippen molar-refractivity contribution in [2.24, 2.45) is 5.11 Å². The molecule has 1 rings (SSSR count). The van der Waals surface area contributed by atoms with Gasteiger partial charge in [0.2, 0.25) is 0 Å². The first-order valence-corrected chi connectivity index (χ1v) is 5.68. The topological polar surface area (TPSA) is 116 Å². The molecule has 1 aromatic rings. The molecule has 8 heteroatoms. The molecular weight excluding hydrogens is 236 g/mol. The molecule has 1 heterocycles. The lowest BCUT2D eigenvalue weighted by molar-refractivity contribution is -0.139. The Hall–Kier alpha value is -2.05. The monoisotopic (exact) mass is 252 g/mol. The summed E-state index contributed by atoms with van der Waals surface area (Å²) < 4.78 is 1.67. The molecule has 0 aliphatic carbocycles. The maximum Gasteiger partial charge on any atom is 0.325 e. The summed E-state index contributed by atoms with van der Waals surface area (Å²) in [7, 11) is 0. The van der Waals surface area contributed by atoms with Crippen LogP contribution in [-0.4, -0.2) is 33.9 Å². The number of aryl methyl sites for hydroxylation is 1. The highest BCUT2D eigenvalue weighted by atomic mass is 16.4. The Morgan fingerprint density at radius 3 is 3.11 bits per heavy atom. The average molecular weight is 252 g/mol. The fraction of sp³-hybridized carbons (Fsp3) is 0.600. The summed E-state index contributed by atoms with van der Waals surface area (Å²) in [5.74, 6) is -0.950. The molecule has 1 unspecified atom stereocenters. The maximum atomic E-state index is 11.1. The van der Waals surface area contributed by atoms with E-state index in [0.29, 0.717) is 31.6 Å². The van der Waals surface area contributed by atoms with Crippen LogP contribution in [0, 0.1) is 0 Å². The second kappa shape index (κ2) is 7.31. The number of rotatable bonds is 8. The van der Waals surface area contributed by atoms with Gasteiger partial charge >= 0.3 is 5.97 Å². The fourth-order valence-corrected chi connectivity index (χ4v) is 1.49. The third-order valence-electron chi connectivity index (χ3n) is 2.40. The molecule has 0 aliphatic rings. The fourth-order valence-electron chi connectivity index (χ4n) is 1.49. The van der Waals surface area contributed by atoms with Gasteiger partial charge in [-0.15, -0.1) is 0 Å². The number of hydrogen-bond acceptors (Lipinski definition) is 4. The van der Waals surface area contributed by atoms with Crippen LogP contribution in [0.4, 0.5) is 0 Å². The first-order chi connectivity index (χ1) is 8.69. The van der Waals surface area contributed by atoms with Crippen molar-refractivity contribution in [3.05, 3.63) is 28.4 Å². The normalized spacial score (nSPS) is 11.8. The molecule has 0 aromatic carbocycles. The van der Waals surface area contributed by atoms with E-state index in [1.165, 1.54) is 0 Å². The molecular formula is C10H16N6O2. The third-order valence-corrected chi connectivity index (χ3v) is 2.40. The van der Waals surface area contributed by atoms with Crippen LogP contribution in [0.5, 0.6) is 0 Å². The lowest BCUT2D eigenvalue weighted by atomic mass is 10.1. The zero-order chi connectivity index (χ0) is 13.4. The van der Waals surface area contributed by atoms with Gasteiger partial charge in [-0.2, -0.15) is 5.10 Å². The second-order valence-corrected chi connectivity index (χ2v) is 3.66. The van der Waals surface area contributed by atoms with Gasteiger partial charge in [-0.3, -0.25) is 9.48 Å². The van der Waals surface area contributed by atoms with E-state index in [1.807, 2.05) is 6.92 Å². The van der Waals surface area contributed by atoms with Gasteiger partial charge in [0.1, 0.15) is 6.04 Å². The minimum absolute atomic E-state index is 0.351. The Bertz CT molecular complexity index is 437. The van der Waals surface area contributed by atoms with E-state index >= 15 is 0 Å². The van der Waals surface area contributed by atoms with Crippen LogP contribution in [0.3, 0.4) is 0 Å². The SMILES string of the molecule is CCn1cc(C(NCCCN=[N+]=[N-])C(=O)O)cn1. The van der Waals surface area contributed by atoms with Crippen molar-refractivity contribution >= 4 is 5.97 Å². The zero-order valence-corrected chi connectivity index (χ0v) is 10.2. The van der Waals surface area contributed by atoms with E-state index in [4.69, 9.17) is 10.6 Å². The predicted molar refractivity (Wildman–Crippen MR) is 64.9 cm³/mol. The van der Waals surface area contributed by atoms with Gasteiger partial charge in [-0.25, -0.2) is 0 Å². The Kier molecular flexibility index (Phi) is 5.69. The van der Waals surface area contributed by atoms with Crippen molar-refractivity contribution in [1.82, 2.24) is 15.1 Å². The molecule has 0 bridgehead atoms. The molecule has 18 heavy (non-hydrogen) atoms. The lowest BCUT2D eigenvalue weighted by Gasteiger charge is -2.11. The largest absolute Gasteiger partial charge is 0.480 e. The molecule has 1 aromatic heterocycles. The zero-order valence-electron chi connectivity index (χ0n) is 10.2. The molecule has 0 amide bonds. The quantitative estimate of drug-likeness (QED) is 0.314. The second-order valence-electron chi connectivity index (χ2n) is 3.66. The number of carbonyl (C=O) groups is 1. The molecule has 98 valence electrons. The first kappa shape index (κ1) is 14.0. The van der Waals surface area contributed by atoms with E-state index in [2.05, 4.69) is 20.4 Å². The molecule has 8 nitrogen and oxygen atoms in total. The summed E-state index contributed by atoms with van der Waals surface area (Å²) in [5, 5.41) is 19.4. The number of nitrogens with one attached hydrogen (secondary N) is 1. The Morgan fingerprint density at radius 2 is 2.56 bits per heavy atom. The number of carboxylic acid groups (broad SMARTS) is 1. The van der Waals surface area contributed by atoms with Gasteiger partial charge in [0.25, 0.3) is 0 Å². The van der Waals surface area contributed by atoms with Crippen molar-refractivity contribution in [3.8, 4) is 0 Å². The van der Waals surface area contributed by atoms with Crippen molar-refractivity contribution < 1.29 is 9.90 Å². The molecule has 0 aliphatic heterocycles. The molecule has 0 spiro atoms. The lowest BCUT2D eigenvalue weighted by Crippen LogP contribution is -2.29. The molecule has 0 saturated heterocycles. The van der Waals surface area contributed by atoms with E-state index in [-0.39, 0.29) is 0 Å². The smallest absolute Gasteiger partial charge is 0.325 e. The van der Waals surface area contributed by atoms with Crippen LogP contribution in [0.25, 0.3) is 10.4 Å². The van der Waals surface area contributed by atoms with Gasteiger partial charge in [-0.1, -0.05) is 5.11 Å². The van der Waals surface area contributed by atoms with Gasteiger partial charge in [0.05, 0.1) is 6.20 Å². The van der Waals surface area contributed by atoms with Crippen LogP contribution in [-0.2, 0) is 11.3 Å². The number of aliphatic carboxylic acids is 1. The average Bonchev–Trinajstić information content (AvgIpc) is 2.81. The van der Waals surface area contributed by atoms with Crippen LogP contribution >= 0.6 is 0 Å². The summed E-state index contributed by atoms with van der Waals surface area (Å²) in [6.07, 6.45) is 3.84. The van der Waals surface area contributed by atoms with E-state index in [1.54, 1.807) is 17.1 Å².